The van der Waals surface area contributed by atoms with E-state index in [2.05, 4.69) is 10.3 Å². The fourth-order valence-electron chi connectivity index (χ4n) is 3.53. The number of aryl methyl sites for hydroxylation is 2. The number of rotatable bonds is 8. The molecule has 2 aromatic carbocycles. The number of amides is 1. The van der Waals surface area contributed by atoms with Gasteiger partial charge < -0.3 is 15.0 Å². The highest BCUT2D eigenvalue weighted by atomic mass is 16.5. The molecule has 0 aliphatic carbocycles. The molecule has 0 aliphatic rings. The molecule has 7 nitrogen and oxygen atoms in total. The van der Waals surface area contributed by atoms with Crippen LogP contribution in [0, 0.1) is 6.92 Å². The van der Waals surface area contributed by atoms with E-state index in [1.807, 2.05) is 62.3 Å². The highest BCUT2D eigenvalue weighted by Gasteiger charge is 2.19. The zero-order chi connectivity index (χ0) is 21.7. The molecule has 0 spiro atoms. The van der Waals surface area contributed by atoms with Crippen molar-refractivity contribution in [1.82, 2.24) is 19.8 Å². The lowest BCUT2D eigenvalue weighted by atomic mass is 10.0. The Balaban J connectivity index is 1.65. The number of nitrogens with zero attached hydrogens (tertiary/aromatic N) is 3. The molecule has 1 aromatic heterocycles. The molecule has 0 aliphatic heterocycles. The predicted octanol–water partition coefficient (Wildman–Crippen LogP) is 2.52. The Morgan fingerprint density at radius 1 is 1.20 bits per heavy atom. The number of methoxy groups -OCH3 is 1. The molecule has 1 heterocycles. The molecule has 30 heavy (non-hydrogen) atoms. The standard InChI is InChI=1S/C23H28N4O3/c1-16-8-7-10-18-22(16)25-15-27(23(18)29)13-12-21(28)24-14-19(26(2)3)17-9-5-6-11-20(17)30-4/h5-11,15,19H,12-14H2,1-4H3,(H,24,28). The summed E-state index contributed by atoms with van der Waals surface area (Å²) in [5, 5.41) is 3.55. The summed E-state index contributed by atoms with van der Waals surface area (Å²) >= 11 is 0. The van der Waals surface area contributed by atoms with Gasteiger partial charge in [-0.05, 0) is 38.7 Å². The van der Waals surface area contributed by atoms with Crippen molar-refractivity contribution in [3.8, 4) is 5.75 Å². The number of para-hydroxylation sites is 2. The topological polar surface area (TPSA) is 76.5 Å². The lowest BCUT2D eigenvalue weighted by Gasteiger charge is -2.26. The molecule has 0 saturated carbocycles. The zero-order valence-corrected chi connectivity index (χ0v) is 17.9. The fraction of sp³-hybridized carbons (Fsp3) is 0.348. The van der Waals surface area contributed by atoms with Gasteiger partial charge in [0.05, 0.1) is 30.4 Å². The molecule has 1 unspecified atom stereocenters. The number of carbonyl (C=O) groups is 1. The van der Waals surface area contributed by atoms with Crippen molar-refractivity contribution in [3.05, 3.63) is 70.3 Å². The lowest BCUT2D eigenvalue weighted by molar-refractivity contribution is -0.121. The lowest BCUT2D eigenvalue weighted by Crippen LogP contribution is -2.35. The van der Waals surface area contributed by atoms with Crippen LogP contribution in [0.3, 0.4) is 0 Å². The van der Waals surface area contributed by atoms with Crippen molar-refractivity contribution < 1.29 is 9.53 Å². The van der Waals surface area contributed by atoms with E-state index in [0.717, 1.165) is 16.9 Å². The summed E-state index contributed by atoms with van der Waals surface area (Å²) in [6, 6.07) is 13.3. The molecule has 0 fully saturated rings. The van der Waals surface area contributed by atoms with Gasteiger partial charge in [0.15, 0.2) is 0 Å². The first-order valence-corrected chi connectivity index (χ1v) is 9.93. The van der Waals surface area contributed by atoms with E-state index in [9.17, 15) is 9.59 Å². The second kappa shape index (κ2) is 9.54. The number of ether oxygens (including phenoxy) is 1. The van der Waals surface area contributed by atoms with E-state index in [4.69, 9.17) is 4.74 Å². The third-order valence-corrected chi connectivity index (χ3v) is 5.25. The SMILES string of the molecule is COc1ccccc1C(CNC(=O)CCn1cnc2c(C)cccc2c1=O)N(C)C. The Kier molecular flexibility index (Phi) is 6.84. The maximum atomic E-state index is 12.7. The molecule has 158 valence electrons. The first-order valence-electron chi connectivity index (χ1n) is 9.93. The van der Waals surface area contributed by atoms with E-state index in [1.54, 1.807) is 13.2 Å². The normalized spacial score (nSPS) is 12.2. The summed E-state index contributed by atoms with van der Waals surface area (Å²) in [7, 11) is 5.57. The molecule has 1 atom stereocenters. The Morgan fingerprint density at radius 3 is 2.70 bits per heavy atom. The number of hydrogen-bond donors (Lipinski definition) is 1. The highest BCUT2D eigenvalue weighted by molar-refractivity contribution is 5.80. The molecule has 7 heteroatoms. The summed E-state index contributed by atoms with van der Waals surface area (Å²) < 4.78 is 6.95. The van der Waals surface area contributed by atoms with E-state index < -0.39 is 0 Å². The maximum absolute atomic E-state index is 12.7. The van der Waals surface area contributed by atoms with Gasteiger partial charge >= 0.3 is 0 Å². The molecular formula is C23H28N4O3. The van der Waals surface area contributed by atoms with E-state index in [1.165, 1.54) is 10.9 Å². The van der Waals surface area contributed by atoms with Crippen LogP contribution in [0.25, 0.3) is 10.9 Å². The van der Waals surface area contributed by atoms with Gasteiger partial charge in [-0.3, -0.25) is 14.2 Å². The minimum atomic E-state index is -0.128. The highest BCUT2D eigenvalue weighted by Crippen LogP contribution is 2.27. The molecular weight excluding hydrogens is 380 g/mol. The van der Waals surface area contributed by atoms with Crippen LogP contribution in [0.5, 0.6) is 5.75 Å². The molecule has 0 bridgehead atoms. The number of hydrogen-bond acceptors (Lipinski definition) is 5. The van der Waals surface area contributed by atoms with Gasteiger partial charge in [-0.25, -0.2) is 4.98 Å². The van der Waals surface area contributed by atoms with Crippen LogP contribution < -0.4 is 15.6 Å². The number of benzene rings is 2. The van der Waals surface area contributed by atoms with Crippen LogP contribution in [-0.4, -0.2) is 48.1 Å². The van der Waals surface area contributed by atoms with Crippen molar-refractivity contribution >= 4 is 16.8 Å². The third-order valence-electron chi connectivity index (χ3n) is 5.25. The molecule has 1 N–H and O–H groups in total. The van der Waals surface area contributed by atoms with Crippen molar-refractivity contribution in [2.24, 2.45) is 0 Å². The Morgan fingerprint density at radius 2 is 1.97 bits per heavy atom. The summed E-state index contributed by atoms with van der Waals surface area (Å²) in [5.74, 6) is 0.669. The maximum Gasteiger partial charge on any atom is 0.261 e. The summed E-state index contributed by atoms with van der Waals surface area (Å²) in [5.41, 5.74) is 2.54. The smallest absolute Gasteiger partial charge is 0.261 e. The second-order valence-electron chi connectivity index (χ2n) is 7.49. The minimum absolute atomic E-state index is 0.0295. The molecule has 0 radical (unpaired) electrons. The number of nitrogens with one attached hydrogen (secondary N) is 1. The van der Waals surface area contributed by atoms with E-state index >= 15 is 0 Å². The van der Waals surface area contributed by atoms with Gasteiger partial charge in [-0.2, -0.15) is 0 Å². The molecule has 3 rings (SSSR count). The molecule has 1 amide bonds. The minimum Gasteiger partial charge on any atom is -0.496 e. The summed E-state index contributed by atoms with van der Waals surface area (Å²) in [4.78, 5) is 31.6. The van der Waals surface area contributed by atoms with Crippen LogP contribution in [0.15, 0.2) is 53.6 Å². The van der Waals surface area contributed by atoms with Gasteiger partial charge in [0, 0.05) is 25.1 Å². The number of aromatic nitrogens is 2. The van der Waals surface area contributed by atoms with Gasteiger partial charge in [0.1, 0.15) is 5.75 Å². The van der Waals surface area contributed by atoms with Gasteiger partial charge in [-0.15, -0.1) is 0 Å². The van der Waals surface area contributed by atoms with E-state index in [0.29, 0.717) is 17.4 Å². The van der Waals surface area contributed by atoms with Crippen molar-refractivity contribution in [3.63, 3.8) is 0 Å². The van der Waals surface area contributed by atoms with Gasteiger partial charge in [0.2, 0.25) is 5.91 Å². The number of carbonyl (C=O) groups excluding carboxylic acids is 1. The van der Waals surface area contributed by atoms with E-state index in [-0.39, 0.29) is 30.5 Å². The van der Waals surface area contributed by atoms with Crippen molar-refractivity contribution in [2.45, 2.75) is 25.9 Å². The largest absolute Gasteiger partial charge is 0.496 e. The average molecular weight is 409 g/mol. The van der Waals surface area contributed by atoms with Crippen LogP contribution >= 0.6 is 0 Å². The third kappa shape index (κ3) is 4.68. The fourth-order valence-corrected chi connectivity index (χ4v) is 3.53. The van der Waals surface area contributed by atoms with Crippen LogP contribution in [0.2, 0.25) is 0 Å². The zero-order valence-electron chi connectivity index (χ0n) is 17.9. The Labute approximate surface area is 176 Å². The van der Waals surface area contributed by atoms with Gasteiger partial charge in [0.25, 0.3) is 5.56 Å². The van der Waals surface area contributed by atoms with Crippen molar-refractivity contribution in [2.75, 3.05) is 27.7 Å². The molecule has 0 saturated heterocycles. The van der Waals surface area contributed by atoms with Gasteiger partial charge in [-0.1, -0.05) is 30.3 Å². The molecule has 3 aromatic rings. The summed E-state index contributed by atoms with van der Waals surface area (Å²) in [6.45, 7) is 2.65. The Bertz CT molecular complexity index is 1090. The number of likely N-dealkylation sites (N-methyl/N-ethyl adjacent to an activating group) is 1. The monoisotopic (exact) mass is 408 g/mol. The first-order chi connectivity index (χ1) is 14.4. The average Bonchev–Trinajstić information content (AvgIpc) is 2.74. The van der Waals surface area contributed by atoms with Crippen LogP contribution in [0.4, 0.5) is 0 Å². The summed E-state index contributed by atoms with van der Waals surface area (Å²) in [6.07, 6.45) is 1.72. The quantitative estimate of drug-likeness (QED) is 0.620. The number of fused-ring (bicyclic) bond motifs is 1. The first kappa shape index (κ1) is 21.5. The second-order valence-corrected chi connectivity index (χ2v) is 7.49. The van der Waals surface area contributed by atoms with Crippen LogP contribution in [-0.2, 0) is 11.3 Å². The Hall–Kier alpha value is -3.19. The van der Waals surface area contributed by atoms with Crippen molar-refractivity contribution in [1.29, 1.82) is 0 Å². The van der Waals surface area contributed by atoms with Crippen LogP contribution in [0.1, 0.15) is 23.6 Å². The predicted molar refractivity (Wildman–Crippen MR) is 118 cm³/mol.